The Labute approximate surface area is 132 Å². The first-order valence-corrected chi connectivity index (χ1v) is 9.01. The SMILES string of the molecule is Cc1cc(C(=O)OCC2CCCO2)cc(S(=O)(=O)Cl)c1Cl. The number of halogens is 2. The number of hydrogen-bond donors (Lipinski definition) is 0. The van der Waals surface area contributed by atoms with Crippen molar-refractivity contribution in [3.8, 4) is 0 Å². The van der Waals surface area contributed by atoms with E-state index in [1.165, 1.54) is 6.07 Å². The number of carbonyl (C=O) groups is 1. The third kappa shape index (κ3) is 4.10. The van der Waals surface area contributed by atoms with Crippen molar-refractivity contribution >= 4 is 37.3 Å². The molecule has 116 valence electrons. The topological polar surface area (TPSA) is 69.7 Å². The molecule has 0 N–H and O–H groups in total. The van der Waals surface area contributed by atoms with Gasteiger partial charge < -0.3 is 9.47 Å². The van der Waals surface area contributed by atoms with Crippen LogP contribution in [-0.2, 0) is 18.5 Å². The summed E-state index contributed by atoms with van der Waals surface area (Å²) in [7, 11) is 1.27. The van der Waals surface area contributed by atoms with Gasteiger partial charge in [0.25, 0.3) is 9.05 Å². The van der Waals surface area contributed by atoms with Crippen LogP contribution < -0.4 is 0 Å². The van der Waals surface area contributed by atoms with Crippen LogP contribution in [0.4, 0.5) is 0 Å². The Balaban J connectivity index is 2.19. The number of aryl methyl sites for hydroxylation is 1. The molecule has 1 aromatic rings. The van der Waals surface area contributed by atoms with E-state index in [9.17, 15) is 13.2 Å². The van der Waals surface area contributed by atoms with Gasteiger partial charge in [0.1, 0.15) is 11.5 Å². The second-order valence-corrected chi connectivity index (χ2v) is 7.69. The molecule has 0 amide bonds. The first-order valence-electron chi connectivity index (χ1n) is 6.32. The molecule has 0 bridgehead atoms. The molecule has 8 heteroatoms. The highest BCUT2D eigenvalue weighted by Crippen LogP contribution is 2.29. The van der Waals surface area contributed by atoms with Gasteiger partial charge in [-0.2, -0.15) is 0 Å². The van der Waals surface area contributed by atoms with Crippen LogP contribution in [0, 0.1) is 6.92 Å². The van der Waals surface area contributed by atoms with E-state index in [0.717, 1.165) is 18.9 Å². The fourth-order valence-corrected chi connectivity index (χ4v) is 3.60. The maximum absolute atomic E-state index is 12.0. The largest absolute Gasteiger partial charge is 0.459 e. The van der Waals surface area contributed by atoms with E-state index in [0.29, 0.717) is 12.2 Å². The molecule has 1 aliphatic rings. The molecule has 1 aromatic carbocycles. The highest BCUT2D eigenvalue weighted by atomic mass is 35.7. The lowest BCUT2D eigenvalue weighted by Crippen LogP contribution is -2.18. The monoisotopic (exact) mass is 352 g/mol. The zero-order valence-corrected chi connectivity index (χ0v) is 13.6. The Morgan fingerprint density at radius 2 is 2.19 bits per heavy atom. The summed E-state index contributed by atoms with van der Waals surface area (Å²) >= 11 is 5.90. The molecular formula is C13H14Cl2O5S. The highest BCUT2D eigenvalue weighted by molar-refractivity contribution is 8.13. The molecule has 1 aliphatic heterocycles. The van der Waals surface area contributed by atoms with Crippen LogP contribution in [0.5, 0.6) is 0 Å². The predicted octanol–water partition coefficient (Wildman–Crippen LogP) is 2.91. The molecule has 0 aromatic heterocycles. The number of rotatable bonds is 4. The summed E-state index contributed by atoms with van der Waals surface area (Å²) in [5.41, 5.74) is 0.525. The third-order valence-corrected chi connectivity index (χ3v) is 5.10. The van der Waals surface area contributed by atoms with Gasteiger partial charge in [-0.15, -0.1) is 0 Å². The Morgan fingerprint density at radius 3 is 2.76 bits per heavy atom. The van der Waals surface area contributed by atoms with Gasteiger partial charge in [0.15, 0.2) is 0 Å². The maximum atomic E-state index is 12.0. The molecule has 0 spiro atoms. The second-order valence-electron chi connectivity index (χ2n) is 4.78. The summed E-state index contributed by atoms with van der Waals surface area (Å²) in [5.74, 6) is -0.633. The third-order valence-electron chi connectivity index (χ3n) is 3.14. The minimum absolute atomic E-state index is 0.000626. The smallest absolute Gasteiger partial charge is 0.338 e. The number of carbonyl (C=O) groups excluding carboxylic acids is 1. The van der Waals surface area contributed by atoms with Crippen LogP contribution in [0.2, 0.25) is 5.02 Å². The van der Waals surface area contributed by atoms with Crippen molar-refractivity contribution in [2.75, 3.05) is 13.2 Å². The Kier molecular flexibility index (Phi) is 5.14. The van der Waals surface area contributed by atoms with E-state index in [2.05, 4.69) is 0 Å². The van der Waals surface area contributed by atoms with Gasteiger partial charge in [-0.05, 0) is 37.5 Å². The van der Waals surface area contributed by atoms with Gasteiger partial charge in [0, 0.05) is 17.3 Å². The lowest BCUT2D eigenvalue weighted by atomic mass is 10.1. The van der Waals surface area contributed by atoms with E-state index >= 15 is 0 Å². The lowest BCUT2D eigenvalue weighted by Gasteiger charge is -2.12. The number of benzene rings is 1. The molecule has 1 heterocycles. The van der Waals surface area contributed by atoms with Crippen LogP contribution in [-0.4, -0.2) is 33.7 Å². The predicted molar refractivity (Wildman–Crippen MR) is 78.5 cm³/mol. The Bertz CT molecular complexity index is 651. The van der Waals surface area contributed by atoms with Crippen molar-refractivity contribution < 1.29 is 22.7 Å². The van der Waals surface area contributed by atoms with Crippen LogP contribution in [0.15, 0.2) is 17.0 Å². The summed E-state index contributed by atoms with van der Waals surface area (Å²) < 4.78 is 33.4. The summed E-state index contributed by atoms with van der Waals surface area (Å²) in [5, 5.41) is 0.000626. The van der Waals surface area contributed by atoms with E-state index in [1.807, 2.05) is 0 Å². The van der Waals surface area contributed by atoms with E-state index in [4.69, 9.17) is 31.8 Å². The zero-order chi connectivity index (χ0) is 15.6. The van der Waals surface area contributed by atoms with Crippen LogP contribution >= 0.6 is 22.3 Å². The summed E-state index contributed by atoms with van der Waals surface area (Å²) in [4.78, 5) is 11.7. The molecule has 1 atom stereocenters. The van der Waals surface area contributed by atoms with E-state index < -0.39 is 15.0 Å². The molecule has 0 radical (unpaired) electrons. The van der Waals surface area contributed by atoms with Gasteiger partial charge >= 0.3 is 5.97 Å². The minimum Gasteiger partial charge on any atom is -0.459 e. The number of esters is 1. The highest BCUT2D eigenvalue weighted by Gasteiger charge is 2.22. The van der Waals surface area contributed by atoms with Gasteiger partial charge in [-0.3, -0.25) is 0 Å². The summed E-state index contributed by atoms with van der Waals surface area (Å²) in [6.07, 6.45) is 1.68. The maximum Gasteiger partial charge on any atom is 0.338 e. The average Bonchev–Trinajstić information content (AvgIpc) is 2.90. The van der Waals surface area contributed by atoms with Gasteiger partial charge in [0.05, 0.1) is 16.7 Å². The van der Waals surface area contributed by atoms with Crippen LogP contribution in [0.3, 0.4) is 0 Å². The fraction of sp³-hybridized carbons (Fsp3) is 0.462. The van der Waals surface area contributed by atoms with Gasteiger partial charge in [0.2, 0.25) is 0 Å². The Morgan fingerprint density at radius 1 is 1.48 bits per heavy atom. The average molecular weight is 353 g/mol. The first kappa shape index (κ1) is 16.5. The summed E-state index contributed by atoms with van der Waals surface area (Å²) in [6, 6.07) is 2.58. The molecule has 5 nitrogen and oxygen atoms in total. The quantitative estimate of drug-likeness (QED) is 0.615. The summed E-state index contributed by atoms with van der Waals surface area (Å²) in [6.45, 7) is 2.39. The van der Waals surface area contributed by atoms with Crippen molar-refractivity contribution in [2.45, 2.75) is 30.8 Å². The van der Waals surface area contributed by atoms with Crippen LogP contribution in [0.1, 0.15) is 28.8 Å². The van der Waals surface area contributed by atoms with Crippen molar-refractivity contribution in [2.24, 2.45) is 0 Å². The molecular weight excluding hydrogens is 339 g/mol. The van der Waals surface area contributed by atoms with Crippen molar-refractivity contribution in [1.29, 1.82) is 0 Å². The number of ether oxygens (including phenoxy) is 2. The molecule has 21 heavy (non-hydrogen) atoms. The molecule has 0 saturated carbocycles. The number of hydrogen-bond acceptors (Lipinski definition) is 5. The molecule has 1 fully saturated rings. The molecule has 2 rings (SSSR count). The molecule has 1 unspecified atom stereocenters. The molecule has 1 saturated heterocycles. The van der Waals surface area contributed by atoms with E-state index in [1.54, 1.807) is 6.92 Å². The minimum atomic E-state index is -4.03. The standard InChI is InChI=1S/C13H14Cl2O5S/c1-8-5-9(6-11(12(8)14)21(15,17)18)13(16)20-7-10-3-2-4-19-10/h5-6,10H,2-4,7H2,1H3. The molecule has 0 aliphatic carbocycles. The lowest BCUT2D eigenvalue weighted by molar-refractivity contribution is 0.0161. The van der Waals surface area contributed by atoms with Crippen molar-refractivity contribution in [1.82, 2.24) is 0 Å². The Hall–Kier alpha value is -0.820. The van der Waals surface area contributed by atoms with Gasteiger partial charge in [-0.25, -0.2) is 13.2 Å². The van der Waals surface area contributed by atoms with E-state index in [-0.39, 0.29) is 28.2 Å². The van der Waals surface area contributed by atoms with Gasteiger partial charge in [-0.1, -0.05) is 11.6 Å². The normalized spacial score (nSPS) is 18.7. The fourth-order valence-electron chi connectivity index (χ4n) is 2.06. The first-order chi connectivity index (χ1) is 9.79. The van der Waals surface area contributed by atoms with Crippen LogP contribution in [0.25, 0.3) is 0 Å². The zero-order valence-electron chi connectivity index (χ0n) is 11.3. The van der Waals surface area contributed by atoms with Crippen molar-refractivity contribution in [3.05, 3.63) is 28.3 Å². The van der Waals surface area contributed by atoms with Crippen molar-refractivity contribution in [3.63, 3.8) is 0 Å². The second kappa shape index (κ2) is 6.52.